The van der Waals surface area contributed by atoms with Crippen molar-refractivity contribution in [3.8, 4) is 5.69 Å². The third-order valence-electron chi connectivity index (χ3n) is 5.68. The van der Waals surface area contributed by atoms with E-state index < -0.39 is 33.9 Å². The average molecular weight is 477 g/mol. The Hall–Kier alpha value is -1.73. The Bertz CT molecular complexity index is 937. The molecule has 3 rings (SSSR count). The minimum absolute atomic E-state index is 0.110. The van der Waals surface area contributed by atoms with Gasteiger partial charge >= 0.3 is 12.1 Å². The van der Waals surface area contributed by atoms with Crippen molar-refractivity contribution < 1.29 is 23.1 Å². The van der Waals surface area contributed by atoms with Crippen LogP contribution in [0.25, 0.3) is 5.69 Å². The van der Waals surface area contributed by atoms with E-state index in [4.69, 9.17) is 11.6 Å². The van der Waals surface area contributed by atoms with Crippen molar-refractivity contribution >= 4 is 33.5 Å². The van der Waals surface area contributed by atoms with Gasteiger partial charge in [-0.05, 0) is 51.5 Å². The number of aliphatic carboxylic acids is 1. The highest BCUT2D eigenvalue weighted by molar-refractivity contribution is 9.10. The number of carboxylic acid groups (broad SMARTS) is 1. The summed E-state index contributed by atoms with van der Waals surface area (Å²) in [6.45, 7) is 3.32. The molecule has 1 aliphatic rings. The molecule has 1 aromatic heterocycles. The number of halogens is 5. The average Bonchev–Trinajstić information content (AvgIpc) is 2.93. The van der Waals surface area contributed by atoms with Crippen molar-refractivity contribution in [1.29, 1.82) is 0 Å². The molecule has 150 valence electrons. The molecule has 1 N–H and O–H groups in total. The Morgan fingerprint density at radius 2 is 1.89 bits per heavy atom. The first kappa shape index (κ1) is 21.0. The number of rotatable bonds is 5. The molecule has 0 aliphatic heterocycles. The lowest BCUT2D eigenvalue weighted by atomic mass is 9.87. The molecule has 2 aromatic rings. The van der Waals surface area contributed by atoms with E-state index in [2.05, 4.69) is 15.9 Å². The molecule has 1 aliphatic carbocycles. The highest BCUT2D eigenvalue weighted by atomic mass is 79.9. The van der Waals surface area contributed by atoms with Gasteiger partial charge in [0, 0.05) is 22.3 Å². The van der Waals surface area contributed by atoms with Crippen molar-refractivity contribution in [2.75, 3.05) is 0 Å². The van der Waals surface area contributed by atoms with Gasteiger partial charge < -0.3 is 9.67 Å². The lowest BCUT2D eigenvalue weighted by Gasteiger charge is -2.20. The molecule has 1 fully saturated rings. The van der Waals surface area contributed by atoms with Gasteiger partial charge in [0.2, 0.25) is 0 Å². The molecule has 1 saturated carbocycles. The molecule has 1 heterocycles. The van der Waals surface area contributed by atoms with Crippen LogP contribution in [0.4, 0.5) is 13.2 Å². The molecule has 0 radical (unpaired) electrons. The van der Waals surface area contributed by atoms with Crippen LogP contribution >= 0.6 is 27.5 Å². The van der Waals surface area contributed by atoms with E-state index in [-0.39, 0.29) is 6.42 Å². The molecule has 2 atom stereocenters. The second-order valence-electron chi connectivity index (χ2n) is 7.54. The number of nitrogens with zero attached hydrogens (tertiary/aromatic N) is 1. The molecular formula is C20H18BrClF3NO2. The highest BCUT2D eigenvalue weighted by Gasteiger charge is 2.73. The molecule has 0 amide bonds. The maximum absolute atomic E-state index is 13.1. The third-order valence-corrected chi connectivity index (χ3v) is 6.92. The van der Waals surface area contributed by atoms with E-state index >= 15 is 0 Å². The molecular weight excluding hydrogens is 459 g/mol. The summed E-state index contributed by atoms with van der Waals surface area (Å²) in [4.78, 5) is 11.8. The number of carboxylic acids is 1. The summed E-state index contributed by atoms with van der Waals surface area (Å²) < 4.78 is 41.9. The number of hydrogen-bond donors (Lipinski definition) is 1. The van der Waals surface area contributed by atoms with Gasteiger partial charge in [-0.25, -0.2) is 0 Å². The second kappa shape index (κ2) is 6.95. The van der Waals surface area contributed by atoms with Crippen LogP contribution in [0, 0.1) is 16.7 Å². The largest absolute Gasteiger partial charge is 0.481 e. The second-order valence-corrected chi connectivity index (χ2v) is 8.74. The fourth-order valence-corrected chi connectivity index (χ4v) is 4.89. The van der Waals surface area contributed by atoms with Crippen LogP contribution in [-0.2, 0) is 11.2 Å². The number of benzene rings is 1. The predicted molar refractivity (Wildman–Crippen MR) is 105 cm³/mol. The molecule has 3 nitrogen and oxygen atoms in total. The summed E-state index contributed by atoms with van der Waals surface area (Å²) in [5, 5.41) is 8.33. The number of allylic oxidation sites excluding steroid dienone is 2. The fourth-order valence-electron chi connectivity index (χ4n) is 4.09. The smallest absolute Gasteiger partial charge is 0.426 e. The Kier molecular flexibility index (Phi) is 5.21. The summed E-state index contributed by atoms with van der Waals surface area (Å²) in [6, 6.07) is 9.16. The van der Waals surface area contributed by atoms with E-state index in [9.17, 15) is 23.1 Å². The molecule has 0 saturated heterocycles. The summed E-state index contributed by atoms with van der Waals surface area (Å²) >= 11 is 9.06. The monoisotopic (exact) mass is 475 g/mol. The Balaban J connectivity index is 2.08. The summed E-state index contributed by atoms with van der Waals surface area (Å²) in [6.07, 6.45) is -0.0239. The zero-order valence-corrected chi connectivity index (χ0v) is 17.4. The molecule has 0 spiro atoms. The minimum atomic E-state index is -4.72. The van der Waals surface area contributed by atoms with Crippen LogP contribution < -0.4 is 0 Å². The summed E-state index contributed by atoms with van der Waals surface area (Å²) in [5.74, 6) is -2.11. The van der Waals surface area contributed by atoms with Gasteiger partial charge in [0.05, 0.1) is 11.6 Å². The van der Waals surface area contributed by atoms with E-state index in [0.29, 0.717) is 10.0 Å². The number of aromatic nitrogens is 1. The van der Waals surface area contributed by atoms with E-state index in [0.717, 1.165) is 11.8 Å². The molecule has 28 heavy (non-hydrogen) atoms. The van der Waals surface area contributed by atoms with Crippen LogP contribution in [-0.4, -0.2) is 21.8 Å². The SMILES string of the molecule is CC1(C)C(C(=O)O)C1(C=C(Cl)C(F)(F)F)Cc1cccc(-n2cccc2)c1Br. The zero-order chi connectivity index (χ0) is 20.9. The van der Waals surface area contributed by atoms with Gasteiger partial charge in [-0.2, -0.15) is 13.2 Å². The fraction of sp³-hybridized carbons (Fsp3) is 0.350. The Morgan fingerprint density at radius 3 is 2.39 bits per heavy atom. The van der Waals surface area contributed by atoms with Gasteiger partial charge in [-0.1, -0.05) is 43.7 Å². The van der Waals surface area contributed by atoms with E-state index in [1.165, 1.54) is 0 Å². The zero-order valence-electron chi connectivity index (χ0n) is 15.1. The number of carbonyl (C=O) groups is 1. The first-order chi connectivity index (χ1) is 12.9. The first-order valence-electron chi connectivity index (χ1n) is 8.51. The lowest BCUT2D eigenvalue weighted by molar-refractivity contribution is -0.139. The molecule has 0 bridgehead atoms. The van der Waals surface area contributed by atoms with Crippen molar-refractivity contribution in [2.24, 2.45) is 16.7 Å². The van der Waals surface area contributed by atoms with Crippen molar-refractivity contribution in [2.45, 2.75) is 26.4 Å². The minimum Gasteiger partial charge on any atom is -0.481 e. The van der Waals surface area contributed by atoms with Crippen LogP contribution in [0.1, 0.15) is 19.4 Å². The van der Waals surface area contributed by atoms with Crippen molar-refractivity contribution in [3.05, 3.63) is 63.9 Å². The third kappa shape index (κ3) is 3.39. The lowest BCUT2D eigenvalue weighted by Crippen LogP contribution is -2.17. The quantitative estimate of drug-likeness (QED) is 0.559. The van der Waals surface area contributed by atoms with E-state index in [1.807, 2.05) is 35.2 Å². The maximum Gasteiger partial charge on any atom is 0.426 e. The van der Waals surface area contributed by atoms with Crippen LogP contribution in [0.2, 0.25) is 0 Å². The Morgan fingerprint density at radius 1 is 1.29 bits per heavy atom. The number of alkyl halides is 3. The van der Waals surface area contributed by atoms with Gasteiger partial charge in [-0.15, -0.1) is 0 Å². The maximum atomic E-state index is 13.1. The highest BCUT2D eigenvalue weighted by Crippen LogP contribution is 2.72. The van der Waals surface area contributed by atoms with Crippen LogP contribution in [0.15, 0.2) is 58.3 Å². The molecule has 1 aromatic carbocycles. The van der Waals surface area contributed by atoms with Gasteiger partial charge in [0.25, 0.3) is 0 Å². The Labute approximate surface area is 173 Å². The van der Waals surface area contributed by atoms with Gasteiger partial charge in [0.1, 0.15) is 5.03 Å². The van der Waals surface area contributed by atoms with Crippen LogP contribution in [0.5, 0.6) is 0 Å². The molecule has 2 unspecified atom stereocenters. The van der Waals surface area contributed by atoms with Gasteiger partial charge in [-0.3, -0.25) is 4.79 Å². The summed E-state index contributed by atoms with van der Waals surface area (Å²) in [5.41, 5.74) is -0.601. The normalized spacial score (nSPS) is 24.2. The van der Waals surface area contributed by atoms with Crippen molar-refractivity contribution in [3.63, 3.8) is 0 Å². The standard InChI is InChI=1S/C20H18BrClF3NO2/c1-18(2)16(17(27)28)19(18,11-14(22)20(23,24)25)10-12-6-5-7-13(15(12)21)26-8-3-4-9-26/h3-9,11,16H,10H2,1-2H3,(H,27,28). The number of hydrogen-bond acceptors (Lipinski definition) is 1. The van der Waals surface area contributed by atoms with Crippen molar-refractivity contribution in [1.82, 2.24) is 4.57 Å². The predicted octanol–water partition coefficient (Wildman–Crippen LogP) is 6.19. The topological polar surface area (TPSA) is 42.2 Å². The summed E-state index contributed by atoms with van der Waals surface area (Å²) in [7, 11) is 0. The van der Waals surface area contributed by atoms with Gasteiger partial charge in [0.15, 0.2) is 0 Å². The first-order valence-corrected chi connectivity index (χ1v) is 9.68. The molecule has 8 heteroatoms. The van der Waals surface area contributed by atoms with E-state index in [1.54, 1.807) is 26.0 Å². The van der Waals surface area contributed by atoms with Crippen LogP contribution in [0.3, 0.4) is 0 Å².